The number of nitrogens with zero attached hydrogens (tertiary/aromatic N) is 2. The number of benzene rings is 1. The minimum absolute atomic E-state index is 0.627. The van der Waals surface area contributed by atoms with E-state index >= 15 is 0 Å². The van der Waals surface area contributed by atoms with Crippen molar-refractivity contribution >= 4 is 11.0 Å². The first-order valence-electron chi connectivity index (χ1n) is 8.32. The van der Waals surface area contributed by atoms with Crippen LogP contribution < -0.4 is 5.32 Å². The molecule has 0 spiro atoms. The lowest BCUT2D eigenvalue weighted by molar-refractivity contribution is 0.422. The molecule has 1 aromatic carbocycles. The molecule has 1 aliphatic heterocycles. The van der Waals surface area contributed by atoms with Gasteiger partial charge in [-0.15, -0.1) is 0 Å². The van der Waals surface area contributed by atoms with Gasteiger partial charge in [0.25, 0.3) is 0 Å². The molecular formula is C19H21N3O. The summed E-state index contributed by atoms with van der Waals surface area (Å²) in [5, 5.41) is 4.65. The van der Waals surface area contributed by atoms with Crippen molar-refractivity contribution < 1.29 is 4.42 Å². The molecule has 2 atom stereocenters. The third kappa shape index (κ3) is 2.99. The highest BCUT2D eigenvalue weighted by Gasteiger charge is 2.22. The van der Waals surface area contributed by atoms with Crippen molar-refractivity contribution in [2.45, 2.75) is 32.2 Å². The van der Waals surface area contributed by atoms with Crippen molar-refractivity contribution in [2.24, 2.45) is 5.92 Å². The second kappa shape index (κ2) is 6.13. The summed E-state index contributed by atoms with van der Waals surface area (Å²) in [7, 11) is 0. The molecule has 4 rings (SSSR count). The van der Waals surface area contributed by atoms with Crippen LogP contribution in [0.1, 0.15) is 25.5 Å². The van der Waals surface area contributed by atoms with Crippen molar-refractivity contribution in [2.75, 3.05) is 6.54 Å². The average Bonchev–Trinajstić information content (AvgIpc) is 3.18. The van der Waals surface area contributed by atoms with Crippen molar-refractivity contribution in [1.82, 2.24) is 15.3 Å². The number of aromatic nitrogens is 2. The van der Waals surface area contributed by atoms with Gasteiger partial charge in [0, 0.05) is 35.8 Å². The summed E-state index contributed by atoms with van der Waals surface area (Å²) in [6.45, 7) is 3.43. The van der Waals surface area contributed by atoms with E-state index in [1.165, 1.54) is 12.8 Å². The summed E-state index contributed by atoms with van der Waals surface area (Å²) in [5.41, 5.74) is 2.92. The Morgan fingerprint density at radius 3 is 3.00 bits per heavy atom. The van der Waals surface area contributed by atoms with E-state index < -0.39 is 0 Å². The van der Waals surface area contributed by atoms with E-state index in [1.54, 1.807) is 18.6 Å². The summed E-state index contributed by atoms with van der Waals surface area (Å²) in [4.78, 5) is 8.49. The first-order valence-corrected chi connectivity index (χ1v) is 8.32. The highest BCUT2D eigenvalue weighted by molar-refractivity contribution is 5.83. The van der Waals surface area contributed by atoms with E-state index in [4.69, 9.17) is 4.42 Å². The molecule has 1 aliphatic rings. The first-order chi connectivity index (χ1) is 11.3. The first kappa shape index (κ1) is 14.4. The molecule has 0 bridgehead atoms. The summed E-state index contributed by atoms with van der Waals surface area (Å²) in [5.74, 6) is 1.84. The Hall–Kier alpha value is -2.20. The number of fused-ring (bicyclic) bond motifs is 1. The monoisotopic (exact) mass is 307 g/mol. The van der Waals surface area contributed by atoms with Crippen LogP contribution in [-0.4, -0.2) is 22.6 Å². The molecule has 118 valence electrons. The van der Waals surface area contributed by atoms with E-state index in [1.807, 2.05) is 12.1 Å². The van der Waals surface area contributed by atoms with E-state index in [2.05, 4.69) is 34.3 Å². The molecule has 1 fully saturated rings. The Bertz CT molecular complexity index is 797. The molecule has 3 heterocycles. The molecule has 4 nitrogen and oxygen atoms in total. The third-order valence-electron chi connectivity index (χ3n) is 4.88. The summed E-state index contributed by atoms with van der Waals surface area (Å²) in [6.07, 6.45) is 8.67. The zero-order chi connectivity index (χ0) is 15.6. The van der Waals surface area contributed by atoms with Gasteiger partial charge in [-0.3, -0.25) is 9.97 Å². The largest absolute Gasteiger partial charge is 0.461 e. The van der Waals surface area contributed by atoms with Crippen molar-refractivity contribution in [3.05, 3.63) is 48.6 Å². The molecule has 0 radical (unpaired) electrons. The smallest absolute Gasteiger partial charge is 0.134 e. The molecule has 0 aliphatic carbocycles. The van der Waals surface area contributed by atoms with Crippen LogP contribution in [0.2, 0.25) is 0 Å². The van der Waals surface area contributed by atoms with Gasteiger partial charge in [0.2, 0.25) is 0 Å². The number of aryl methyl sites for hydroxylation is 1. The van der Waals surface area contributed by atoms with Crippen LogP contribution >= 0.6 is 0 Å². The Morgan fingerprint density at radius 1 is 1.26 bits per heavy atom. The Balaban J connectivity index is 1.54. The minimum atomic E-state index is 0.627. The topological polar surface area (TPSA) is 51.0 Å². The van der Waals surface area contributed by atoms with Crippen LogP contribution in [0.5, 0.6) is 0 Å². The zero-order valence-electron chi connectivity index (χ0n) is 13.3. The molecule has 0 amide bonds. The van der Waals surface area contributed by atoms with Crippen LogP contribution in [0, 0.1) is 5.92 Å². The van der Waals surface area contributed by atoms with Crippen molar-refractivity contribution in [1.29, 1.82) is 0 Å². The Morgan fingerprint density at radius 2 is 2.22 bits per heavy atom. The van der Waals surface area contributed by atoms with Gasteiger partial charge in [-0.2, -0.15) is 0 Å². The predicted molar refractivity (Wildman–Crippen MR) is 91.1 cm³/mol. The average molecular weight is 307 g/mol. The van der Waals surface area contributed by atoms with E-state index in [9.17, 15) is 0 Å². The quantitative estimate of drug-likeness (QED) is 0.796. The van der Waals surface area contributed by atoms with Crippen LogP contribution in [0.3, 0.4) is 0 Å². The highest BCUT2D eigenvalue weighted by atomic mass is 16.3. The fourth-order valence-corrected chi connectivity index (χ4v) is 3.46. The molecule has 1 saturated heterocycles. The number of hydrogen-bond donors (Lipinski definition) is 1. The molecule has 4 heteroatoms. The number of rotatable bonds is 4. The van der Waals surface area contributed by atoms with Gasteiger partial charge >= 0.3 is 0 Å². The van der Waals surface area contributed by atoms with Gasteiger partial charge in [0.15, 0.2) is 0 Å². The van der Waals surface area contributed by atoms with E-state index in [0.29, 0.717) is 6.04 Å². The molecule has 1 unspecified atom stereocenters. The van der Waals surface area contributed by atoms with Crippen LogP contribution in [0.15, 0.2) is 47.3 Å². The fraction of sp³-hybridized carbons (Fsp3) is 0.368. The maximum Gasteiger partial charge on any atom is 0.134 e. The second-order valence-corrected chi connectivity index (χ2v) is 6.39. The minimum Gasteiger partial charge on any atom is -0.461 e. The summed E-state index contributed by atoms with van der Waals surface area (Å²) < 4.78 is 6.00. The third-order valence-corrected chi connectivity index (χ3v) is 4.88. The Labute approximate surface area is 136 Å². The van der Waals surface area contributed by atoms with Gasteiger partial charge in [0.1, 0.15) is 11.3 Å². The maximum absolute atomic E-state index is 6.00. The normalized spacial score (nSPS) is 21.1. The van der Waals surface area contributed by atoms with Crippen LogP contribution in [0.4, 0.5) is 0 Å². The Kier molecular flexibility index (Phi) is 3.83. The standard InChI is InChI=1S/C19H21N3O/c1-13-14(6-7-21-13)2-4-17-11-16-10-15(3-5-19(16)23-17)18-12-20-8-9-22-18/h3,5,8-14,21H,2,4,6-7H2,1H3/t13-,14?/m1/s1. The molecule has 3 aromatic rings. The zero-order valence-corrected chi connectivity index (χ0v) is 13.3. The van der Waals surface area contributed by atoms with Gasteiger partial charge in [-0.1, -0.05) is 0 Å². The number of furan rings is 1. The molecule has 0 saturated carbocycles. The lowest BCUT2D eigenvalue weighted by Crippen LogP contribution is -2.22. The lowest BCUT2D eigenvalue weighted by atomic mass is 9.96. The lowest BCUT2D eigenvalue weighted by Gasteiger charge is -2.13. The molecule has 23 heavy (non-hydrogen) atoms. The predicted octanol–water partition coefficient (Wildman–Crippen LogP) is 3.82. The number of hydrogen-bond acceptors (Lipinski definition) is 4. The van der Waals surface area contributed by atoms with Crippen LogP contribution in [-0.2, 0) is 6.42 Å². The molecular weight excluding hydrogens is 286 g/mol. The van der Waals surface area contributed by atoms with E-state index in [-0.39, 0.29) is 0 Å². The van der Waals surface area contributed by atoms with Gasteiger partial charge in [-0.05, 0) is 56.5 Å². The number of nitrogens with one attached hydrogen (secondary N) is 1. The molecule has 2 aromatic heterocycles. The fourth-order valence-electron chi connectivity index (χ4n) is 3.46. The second-order valence-electron chi connectivity index (χ2n) is 6.39. The van der Waals surface area contributed by atoms with Crippen molar-refractivity contribution in [3.63, 3.8) is 0 Å². The SMILES string of the molecule is C[C@H]1NCCC1CCc1cc2cc(-c3cnccn3)ccc2o1. The summed E-state index contributed by atoms with van der Waals surface area (Å²) in [6, 6.07) is 9.00. The maximum atomic E-state index is 6.00. The summed E-state index contributed by atoms with van der Waals surface area (Å²) >= 11 is 0. The molecule has 1 N–H and O–H groups in total. The van der Waals surface area contributed by atoms with E-state index in [0.717, 1.165) is 46.9 Å². The van der Waals surface area contributed by atoms with Gasteiger partial charge < -0.3 is 9.73 Å². The van der Waals surface area contributed by atoms with Crippen molar-refractivity contribution in [3.8, 4) is 11.3 Å². The highest BCUT2D eigenvalue weighted by Crippen LogP contribution is 2.27. The van der Waals surface area contributed by atoms with Gasteiger partial charge in [0.05, 0.1) is 11.9 Å². The van der Waals surface area contributed by atoms with Crippen LogP contribution in [0.25, 0.3) is 22.2 Å². The van der Waals surface area contributed by atoms with Gasteiger partial charge in [-0.25, -0.2) is 0 Å².